The molecule has 0 saturated heterocycles. The van der Waals surface area contributed by atoms with Crippen LogP contribution < -0.4 is 15.6 Å². The summed E-state index contributed by atoms with van der Waals surface area (Å²) in [5, 5.41) is 9.62. The molecule has 164 valence electrons. The Morgan fingerprint density at radius 1 is 0.970 bits per heavy atom. The van der Waals surface area contributed by atoms with Crippen molar-refractivity contribution in [3.8, 4) is 11.8 Å². The Labute approximate surface area is 189 Å². The fourth-order valence-electron chi connectivity index (χ4n) is 3.37. The third-order valence-corrected chi connectivity index (χ3v) is 5.00. The van der Waals surface area contributed by atoms with E-state index in [2.05, 4.69) is 10.9 Å². The van der Waals surface area contributed by atoms with Gasteiger partial charge in [0.05, 0.1) is 18.2 Å². The molecule has 8 heteroatoms. The number of rotatable bonds is 6. The van der Waals surface area contributed by atoms with E-state index in [1.165, 1.54) is 6.07 Å². The highest BCUT2D eigenvalue weighted by Gasteiger charge is 2.17. The number of nitrogens with one attached hydrogen (secondary N) is 2. The molecule has 2 N–H and O–H groups in total. The maximum Gasteiger partial charge on any atom is 0.286 e. The maximum absolute atomic E-state index is 14.2. The molecule has 3 aromatic carbocycles. The molecule has 0 unspecified atom stereocenters. The lowest BCUT2D eigenvalue weighted by molar-refractivity contribution is -0.123. The number of hydrazine groups is 1. The van der Waals surface area contributed by atoms with E-state index in [-0.39, 0.29) is 24.7 Å². The Morgan fingerprint density at radius 2 is 1.70 bits per heavy atom. The lowest BCUT2D eigenvalue weighted by atomic mass is 10.2. The van der Waals surface area contributed by atoms with Gasteiger partial charge in [0.15, 0.2) is 6.61 Å². The zero-order valence-corrected chi connectivity index (χ0v) is 17.4. The average molecular weight is 442 g/mol. The van der Waals surface area contributed by atoms with Crippen LogP contribution in [0.25, 0.3) is 10.9 Å². The first kappa shape index (κ1) is 21.6. The van der Waals surface area contributed by atoms with Gasteiger partial charge in [-0.25, -0.2) is 4.39 Å². The average Bonchev–Trinajstić information content (AvgIpc) is 3.21. The number of nitrogens with zero attached hydrogens (tertiary/aromatic N) is 2. The van der Waals surface area contributed by atoms with Gasteiger partial charge in [-0.15, -0.1) is 0 Å². The largest absolute Gasteiger partial charge is 0.484 e. The minimum Gasteiger partial charge on any atom is -0.484 e. The van der Waals surface area contributed by atoms with Crippen molar-refractivity contribution in [2.45, 2.75) is 6.54 Å². The quantitative estimate of drug-likeness (QED) is 0.447. The van der Waals surface area contributed by atoms with Crippen molar-refractivity contribution in [3.63, 3.8) is 0 Å². The van der Waals surface area contributed by atoms with Gasteiger partial charge in [0, 0.05) is 16.5 Å². The number of amides is 2. The molecule has 4 aromatic rings. The van der Waals surface area contributed by atoms with Crippen molar-refractivity contribution < 1.29 is 18.7 Å². The fraction of sp³-hybridized carbons (Fsp3) is 0.0800. The Balaban J connectivity index is 1.44. The Morgan fingerprint density at radius 3 is 2.45 bits per heavy atom. The van der Waals surface area contributed by atoms with E-state index in [4.69, 9.17) is 10.00 Å². The number of hydrogen-bond donors (Lipinski definition) is 2. The summed E-state index contributed by atoms with van der Waals surface area (Å²) in [4.78, 5) is 25.0. The van der Waals surface area contributed by atoms with E-state index in [1.807, 2.05) is 30.3 Å². The summed E-state index contributed by atoms with van der Waals surface area (Å²) in [7, 11) is 0. The third-order valence-electron chi connectivity index (χ3n) is 5.00. The maximum atomic E-state index is 14.2. The van der Waals surface area contributed by atoms with Crippen LogP contribution in [0, 0.1) is 17.1 Å². The number of nitriles is 1. The smallest absolute Gasteiger partial charge is 0.286 e. The molecule has 0 spiro atoms. The summed E-state index contributed by atoms with van der Waals surface area (Å²) in [6.07, 6.45) is 0. The van der Waals surface area contributed by atoms with E-state index in [9.17, 15) is 14.0 Å². The third kappa shape index (κ3) is 4.99. The van der Waals surface area contributed by atoms with Crippen LogP contribution in [0.1, 0.15) is 21.6 Å². The summed E-state index contributed by atoms with van der Waals surface area (Å²) >= 11 is 0. The monoisotopic (exact) mass is 442 g/mol. The molecule has 4 rings (SSSR count). The van der Waals surface area contributed by atoms with Crippen LogP contribution in [0.5, 0.6) is 5.75 Å². The molecule has 0 aliphatic carbocycles. The summed E-state index contributed by atoms with van der Waals surface area (Å²) in [5.74, 6) is -1.06. The van der Waals surface area contributed by atoms with Crippen LogP contribution in [0.2, 0.25) is 0 Å². The number of aromatic nitrogens is 1. The number of hydrogen-bond acceptors (Lipinski definition) is 4. The van der Waals surface area contributed by atoms with Crippen LogP contribution >= 0.6 is 0 Å². The van der Waals surface area contributed by atoms with Gasteiger partial charge in [0.1, 0.15) is 17.3 Å². The topological polar surface area (TPSA) is 96.2 Å². The predicted octanol–water partition coefficient (Wildman–Crippen LogP) is 3.54. The van der Waals surface area contributed by atoms with Gasteiger partial charge >= 0.3 is 0 Å². The van der Waals surface area contributed by atoms with Crippen molar-refractivity contribution in [1.29, 1.82) is 5.26 Å². The van der Waals surface area contributed by atoms with Crippen molar-refractivity contribution in [3.05, 3.63) is 102 Å². The van der Waals surface area contributed by atoms with Crippen molar-refractivity contribution >= 4 is 22.7 Å². The minimum atomic E-state index is -0.565. The van der Waals surface area contributed by atoms with E-state index in [0.29, 0.717) is 16.9 Å². The molecule has 1 heterocycles. The van der Waals surface area contributed by atoms with E-state index >= 15 is 0 Å². The first-order valence-corrected chi connectivity index (χ1v) is 10.1. The van der Waals surface area contributed by atoms with Crippen LogP contribution in [-0.4, -0.2) is 23.0 Å². The molecule has 2 amide bonds. The lowest BCUT2D eigenvalue weighted by Crippen LogP contribution is -2.44. The van der Waals surface area contributed by atoms with Gasteiger partial charge in [-0.3, -0.25) is 20.4 Å². The number of fused-ring (bicyclic) bond motifs is 1. The van der Waals surface area contributed by atoms with E-state index < -0.39 is 11.8 Å². The predicted molar refractivity (Wildman–Crippen MR) is 120 cm³/mol. The zero-order chi connectivity index (χ0) is 23.2. The first-order valence-electron chi connectivity index (χ1n) is 10.1. The highest BCUT2D eigenvalue weighted by molar-refractivity contribution is 5.99. The molecule has 1 aromatic heterocycles. The normalized spacial score (nSPS) is 10.4. The Hall–Kier alpha value is -4.64. The molecule has 0 bridgehead atoms. The number of ether oxygens (including phenoxy) is 1. The van der Waals surface area contributed by atoms with E-state index in [0.717, 1.165) is 10.9 Å². The SMILES string of the molecule is N#Cc1ccc(OCC(=O)NNC(=O)c2cc3ccccc3n2Cc2ccccc2F)cc1. The van der Waals surface area contributed by atoms with Crippen molar-refractivity contribution in [2.24, 2.45) is 0 Å². The minimum absolute atomic E-state index is 0.151. The van der Waals surface area contributed by atoms with E-state index in [1.54, 1.807) is 53.1 Å². The van der Waals surface area contributed by atoms with Crippen LogP contribution in [-0.2, 0) is 11.3 Å². The Kier molecular flexibility index (Phi) is 6.32. The highest BCUT2D eigenvalue weighted by Crippen LogP contribution is 2.22. The fourth-order valence-corrected chi connectivity index (χ4v) is 3.37. The second kappa shape index (κ2) is 9.66. The van der Waals surface area contributed by atoms with Gasteiger partial charge in [0.25, 0.3) is 11.8 Å². The lowest BCUT2D eigenvalue weighted by Gasteiger charge is -2.13. The van der Waals surface area contributed by atoms with Gasteiger partial charge in [-0.05, 0) is 42.5 Å². The molecular weight excluding hydrogens is 423 g/mol. The molecule has 0 atom stereocenters. The Bertz CT molecular complexity index is 1360. The first-order chi connectivity index (χ1) is 16.0. The second-order valence-electron chi connectivity index (χ2n) is 7.19. The van der Waals surface area contributed by atoms with Crippen molar-refractivity contribution in [2.75, 3.05) is 6.61 Å². The molecule has 7 nitrogen and oxygen atoms in total. The zero-order valence-electron chi connectivity index (χ0n) is 17.4. The number of carbonyl (C=O) groups excluding carboxylic acids is 2. The molecule has 0 radical (unpaired) electrons. The summed E-state index contributed by atoms with van der Waals surface area (Å²) in [5.41, 5.74) is 6.65. The standard InChI is InChI=1S/C25H19FN4O3/c26-21-7-3-1-6-19(21)15-30-22-8-4-2-5-18(22)13-23(30)25(32)29-28-24(31)16-33-20-11-9-17(14-27)10-12-20/h1-13H,15-16H2,(H,28,31)(H,29,32). The molecule has 0 fully saturated rings. The second-order valence-corrected chi connectivity index (χ2v) is 7.19. The molecule has 0 aliphatic rings. The molecular formula is C25H19FN4O3. The number of halogens is 1. The van der Waals surface area contributed by atoms with Gasteiger partial charge < -0.3 is 9.30 Å². The summed E-state index contributed by atoms with van der Waals surface area (Å²) < 4.78 is 21.3. The molecule has 0 saturated carbocycles. The van der Waals surface area contributed by atoms with Crippen LogP contribution in [0.15, 0.2) is 78.9 Å². The summed E-state index contributed by atoms with van der Waals surface area (Å²) in [6, 6.07) is 23.7. The molecule has 0 aliphatic heterocycles. The van der Waals surface area contributed by atoms with Crippen LogP contribution in [0.4, 0.5) is 4.39 Å². The van der Waals surface area contributed by atoms with Crippen LogP contribution in [0.3, 0.4) is 0 Å². The van der Waals surface area contributed by atoms with Crippen molar-refractivity contribution in [1.82, 2.24) is 15.4 Å². The summed E-state index contributed by atoms with van der Waals surface area (Å²) in [6.45, 7) is -0.177. The number of para-hydroxylation sites is 1. The van der Waals surface area contributed by atoms with Gasteiger partial charge in [-0.1, -0.05) is 36.4 Å². The number of benzene rings is 3. The number of carbonyl (C=O) groups is 2. The van der Waals surface area contributed by atoms with Gasteiger partial charge in [0.2, 0.25) is 0 Å². The van der Waals surface area contributed by atoms with Gasteiger partial charge in [-0.2, -0.15) is 5.26 Å². The highest BCUT2D eigenvalue weighted by atomic mass is 19.1. The molecule has 33 heavy (non-hydrogen) atoms.